The Bertz CT molecular complexity index is 509. The Morgan fingerprint density at radius 3 is 2.43 bits per heavy atom. The summed E-state index contributed by atoms with van der Waals surface area (Å²) in [5.74, 6) is 0.330. The van der Waals surface area contributed by atoms with Crippen LogP contribution in [0.4, 0.5) is 0 Å². The summed E-state index contributed by atoms with van der Waals surface area (Å²) in [6.07, 6.45) is 9.45. The Kier molecular flexibility index (Phi) is 6.80. The summed E-state index contributed by atoms with van der Waals surface area (Å²) in [5, 5.41) is 11.3. The summed E-state index contributed by atoms with van der Waals surface area (Å²) in [5.41, 5.74) is -0.843. The van der Waals surface area contributed by atoms with Crippen LogP contribution in [-0.2, 0) is 15.1 Å². The van der Waals surface area contributed by atoms with E-state index in [4.69, 9.17) is 4.74 Å². The Hall–Kier alpha value is -0.270. The zero-order chi connectivity index (χ0) is 16.9. The molecule has 0 spiro atoms. The number of halogens is 1. The van der Waals surface area contributed by atoms with Crippen molar-refractivity contribution in [2.75, 3.05) is 24.9 Å². The van der Waals surface area contributed by atoms with E-state index in [9.17, 15) is 9.90 Å². The lowest BCUT2D eigenvalue weighted by Gasteiger charge is -2.37. The molecule has 0 radical (unpaired) electrons. The standard InChI is InChI=1S/C18H27IO3S/c1-23(2,19)14-13-22-17(20)18(21,15-9-5-3-6-10-15)16-11-7-4-8-12-16/h3,5-6,9-10,16,21H,4,7-8,11-14H2,1-2H3. The molecule has 0 saturated heterocycles. The third-order valence-electron chi connectivity index (χ3n) is 4.52. The van der Waals surface area contributed by atoms with Gasteiger partial charge in [-0.3, -0.25) is 0 Å². The number of carbonyl (C=O) groups excluding carboxylic acids is 1. The minimum absolute atomic E-state index is 0.0499. The molecule has 1 aromatic rings. The van der Waals surface area contributed by atoms with Crippen LogP contribution < -0.4 is 0 Å². The van der Waals surface area contributed by atoms with E-state index in [0.717, 1.165) is 31.4 Å². The van der Waals surface area contributed by atoms with Gasteiger partial charge in [0.25, 0.3) is 0 Å². The van der Waals surface area contributed by atoms with Gasteiger partial charge in [0.15, 0.2) is 5.60 Å². The molecule has 0 aliphatic heterocycles. The first kappa shape index (κ1) is 19.1. The van der Waals surface area contributed by atoms with E-state index in [2.05, 4.69) is 33.7 Å². The molecule has 1 saturated carbocycles. The summed E-state index contributed by atoms with van der Waals surface area (Å²) in [4.78, 5) is 12.8. The van der Waals surface area contributed by atoms with Crippen LogP contribution in [0.15, 0.2) is 30.3 Å². The predicted molar refractivity (Wildman–Crippen MR) is 106 cm³/mol. The van der Waals surface area contributed by atoms with Gasteiger partial charge in [0.1, 0.15) is 0 Å². The van der Waals surface area contributed by atoms with Crippen molar-refractivity contribution in [1.29, 1.82) is 0 Å². The molecule has 1 unspecified atom stereocenters. The van der Waals surface area contributed by atoms with Crippen LogP contribution in [0.25, 0.3) is 0 Å². The molecule has 130 valence electrons. The molecule has 1 aromatic carbocycles. The van der Waals surface area contributed by atoms with Crippen molar-refractivity contribution in [1.82, 2.24) is 0 Å². The van der Waals surface area contributed by atoms with Crippen LogP contribution in [0.5, 0.6) is 0 Å². The van der Waals surface area contributed by atoms with Gasteiger partial charge >= 0.3 is 5.97 Å². The third-order valence-corrected chi connectivity index (χ3v) is 6.98. The molecule has 1 N–H and O–H groups in total. The zero-order valence-electron chi connectivity index (χ0n) is 14.0. The predicted octanol–water partition coefficient (Wildman–Crippen LogP) is 4.41. The van der Waals surface area contributed by atoms with Crippen molar-refractivity contribution in [2.24, 2.45) is 5.92 Å². The third kappa shape index (κ3) is 5.10. The van der Waals surface area contributed by atoms with E-state index in [0.29, 0.717) is 12.2 Å². The fourth-order valence-corrected chi connectivity index (χ4v) is 4.19. The number of rotatable bonds is 6. The van der Waals surface area contributed by atoms with E-state index < -0.39 is 18.8 Å². The smallest absolute Gasteiger partial charge is 0.343 e. The number of hydrogen-bond donors (Lipinski definition) is 1. The Morgan fingerprint density at radius 1 is 1.26 bits per heavy atom. The maximum Gasteiger partial charge on any atom is 0.343 e. The lowest BCUT2D eigenvalue weighted by molar-refractivity contribution is -0.175. The summed E-state index contributed by atoms with van der Waals surface area (Å²) in [7, 11) is -0.744. The van der Waals surface area contributed by atoms with Crippen molar-refractivity contribution in [3.05, 3.63) is 35.9 Å². The maximum absolute atomic E-state index is 12.8. The highest BCUT2D eigenvalue weighted by Crippen LogP contribution is 2.48. The van der Waals surface area contributed by atoms with E-state index in [-0.39, 0.29) is 5.92 Å². The second kappa shape index (κ2) is 8.21. The van der Waals surface area contributed by atoms with E-state index in [1.54, 1.807) is 0 Å². The van der Waals surface area contributed by atoms with Gasteiger partial charge < -0.3 is 9.84 Å². The highest BCUT2D eigenvalue weighted by atomic mass is 127. The topological polar surface area (TPSA) is 46.5 Å². The SMILES string of the molecule is CS(C)(I)CCOC(=O)C(O)(c1ccccc1)C1CCCCC1. The lowest BCUT2D eigenvalue weighted by Crippen LogP contribution is -2.45. The van der Waals surface area contributed by atoms with Crippen LogP contribution in [-0.4, -0.2) is 35.9 Å². The Balaban J connectivity index is 2.17. The largest absolute Gasteiger partial charge is 0.462 e. The fraction of sp³-hybridized carbons (Fsp3) is 0.611. The van der Waals surface area contributed by atoms with E-state index >= 15 is 0 Å². The number of esters is 1. The molecule has 3 nitrogen and oxygen atoms in total. The number of ether oxygens (including phenoxy) is 1. The molecule has 5 heteroatoms. The minimum atomic E-state index is -1.51. The monoisotopic (exact) mass is 450 g/mol. The molecule has 23 heavy (non-hydrogen) atoms. The van der Waals surface area contributed by atoms with Crippen molar-refractivity contribution >= 4 is 34.4 Å². The molecule has 2 rings (SSSR count). The molecular weight excluding hydrogens is 423 g/mol. The molecule has 1 atom stereocenters. The fourth-order valence-electron chi connectivity index (χ4n) is 3.18. The molecule has 1 aliphatic rings. The molecule has 1 aliphatic carbocycles. The minimum Gasteiger partial charge on any atom is -0.462 e. The first-order valence-corrected chi connectivity index (χ1v) is 13.4. The molecule has 0 aromatic heterocycles. The first-order valence-electron chi connectivity index (χ1n) is 8.20. The average molecular weight is 450 g/mol. The van der Waals surface area contributed by atoms with Gasteiger partial charge in [-0.15, -0.1) is 0 Å². The van der Waals surface area contributed by atoms with Gasteiger partial charge in [0.05, 0.1) is 6.61 Å². The normalized spacial score (nSPS) is 19.8. The molecular formula is C18H27IO3S. The van der Waals surface area contributed by atoms with E-state index in [1.807, 2.05) is 30.3 Å². The second-order valence-electron chi connectivity index (χ2n) is 6.71. The summed E-state index contributed by atoms with van der Waals surface area (Å²) >= 11 is 2.43. The maximum atomic E-state index is 12.8. The summed E-state index contributed by atoms with van der Waals surface area (Å²) in [6.45, 7) is 0.381. The lowest BCUT2D eigenvalue weighted by atomic mass is 9.73. The van der Waals surface area contributed by atoms with Gasteiger partial charge in [0, 0.05) is 11.7 Å². The van der Waals surface area contributed by atoms with Crippen LogP contribution in [0.2, 0.25) is 0 Å². The number of carbonyl (C=O) groups is 1. The highest BCUT2D eigenvalue weighted by molar-refractivity contribution is 14.2. The van der Waals surface area contributed by atoms with Gasteiger partial charge in [0.2, 0.25) is 0 Å². The van der Waals surface area contributed by atoms with Crippen molar-refractivity contribution in [3.8, 4) is 0 Å². The van der Waals surface area contributed by atoms with Gasteiger partial charge in [-0.2, -0.15) is 7.20 Å². The van der Waals surface area contributed by atoms with Crippen molar-refractivity contribution < 1.29 is 14.6 Å². The molecule has 0 bridgehead atoms. The summed E-state index contributed by atoms with van der Waals surface area (Å²) < 4.78 is 5.52. The van der Waals surface area contributed by atoms with Crippen LogP contribution in [0, 0.1) is 5.92 Å². The zero-order valence-corrected chi connectivity index (χ0v) is 16.9. The first-order chi connectivity index (χ1) is 10.8. The average Bonchev–Trinajstić information content (AvgIpc) is 2.54. The van der Waals surface area contributed by atoms with Crippen LogP contribution in [0.1, 0.15) is 37.7 Å². The van der Waals surface area contributed by atoms with Gasteiger partial charge in [-0.05, 0) is 52.1 Å². The van der Waals surface area contributed by atoms with E-state index in [1.165, 1.54) is 6.42 Å². The van der Waals surface area contributed by atoms with Crippen LogP contribution in [0.3, 0.4) is 0 Å². The number of aliphatic hydroxyl groups is 1. The molecule has 1 fully saturated rings. The van der Waals surface area contributed by atoms with Crippen LogP contribution >= 0.6 is 28.4 Å². The molecule has 0 amide bonds. The van der Waals surface area contributed by atoms with Gasteiger partial charge in [-0.1, -0.05) is 49.6 Å². The van der Waals surface area contributed by atoms with Crippen molar-refractivity contribution in [3.63, 3.8) is 0 Å². The highest BCUT2D eigenvalue weighted by Gasteiger charge is 2.47. The number of hydrogen-bond acceptors (Lipinski definition) is 3. The second-order valence-corrected chi connectivity index (χ2v) is 17.1. The Morgan fingerprint density at radius 2 is 1.87 bits per heavy atom. The van der Waals surface area contributed by atoms with Gasteiger partial charge in [-0.25, -0.2) is 4.79 Å². The van der Waals surface area contributed by atoms with Crippen molar-refractivity contribution in [2.45, 2.75) is 37.7 Å². The molecule has 0 heterocycles. The summed E-state index contributed by atoms with van der Waals surface area (Å²) in [6, 6.07) is 9.31. The number of benzene rings is 1. The quantitative estimate of drug-likeness (QED) is 0.516. The Labute approximate surface area is 153 Å².